The Bertz CT molecular complexity index is 867. The summed E-state index contributed by atoms with van der Waals surface area (Å²) in [6.45, 7) is 1.95. The summed E-state index contributed by atoms with van der Waals surface area (Å²) >= 11 is 0. The maximum Gasteiger partial charge on any atom is 0.254 e. The summed E-state index contributed by atoms with van der Waals surface area (Å²) in [5.41, 5.74) is 1.44. The number of nitrogens with one attached hydrogen (secondary N) is 1. The van der Waals surface area contributed by atoms with Crippen molar-refractivity contribution in [2.45, 2.75) is 10.9 Å². The summed E-state index contributed by atoms with van der Waals surface area (Å²) in [5, 5.41) is 3.30. The molecule has 138 valence electrons. The van der Waals surface area contributed by atoms with Crippen molar-refractivity contribution >= 4 is 15.9 Å². The molecule has 1 aromatic heterocycles. The van der Waals surface area contributed by atoms with Crippen molar-refractivity contribution in [1.29, 1.82) is 0 Å². The van der Waals surface area contributed by atoms with E-state index in [-0.39, 0.29) is 16.8 Å². The van der Waals surface area contributed by atoms with Crippen molar-refractivity contribution in [3.05, 3.63) is 59.9 Å². The average molecular weight is 374 g/mol. The van der Waals surface area contributed by atoms with Gasteiger partial charge in [0.25, 0.3) is 5.91 Å². The number of carbonyl (C=O) groups excluding carboxylic acids is 1. The quantitative estimate of drug-likeness (QED) is 0.867. The minimum Gasteiger partial charge on any atom is -0.329 e. The fourth-order valence-electron chi connectivity index (χ4n) is 2.96. The van der Waals surface area contributed by atoms with Crippen LogP contribution in [0, 0.1) is 0 Å². The second-order valence-electron chi connectivity index (χ2n) is 6.32. The fourth-order valence-corrected chi connectivity index (χ4v) is 3.87. The highest BCUT2D eigenvalue weighted by Gasteiger charge is 2.29. The molecule has 0 bridgehead atoms. The molecule has 1 aliphatic heterocycles. The molecule has 8 heteroatoms. The van der Waals surface area contributed by atoms with Gasteiger partial charge in [0.05, 0.1) is 10.9 Å². The zero-order valence-corrected chi connectivity index (χ0v) is 15.6. The number of amides is 1. The van der Waals surface area contributed by atoms with Crippen LogP contribution in [0.4, 0.5) is 0 Å². The molecular formula is C18H22N4O3S. The lowest BCUT2D eigenvalue weighted by Gasteiger charge is -2.36. The molecule has 1 aromatic carbocycles. The molecule has 1 N–H and O–H groups in total. The predicted octanol–water partition coefficient (Wildman–Crippen LogP) is 1.12. The zero-order chi connectivity index (χ0) is 18.7. The Labute approximate surface area is 153 Å². The van der Waals surface area contributed by atoms with Crippen molar-refractivity contribution in [1.82, 2.24) is 19.5 Å². The lowest BCUT2D eigenvalue weighted by atomic mass is 10.0. The van der Waals surface area contributed by atoms with Gasteiger partial charge in [-0.15, -0.1) is 0 Å². The molecule has 7 nitrogen and oxygen atoms in total. The molecule has 1 atom stereocenters. The second kappa shape index (κ2) is 7.53. The van der Waals surface area contributed by atoms with Gasteiger partial charge in [-0.3, -0.25) is 9.78 Å². The Hall–Kier alpha value is -2.29. The molecule has 0 aliphatic carbocycles. The summed E-state index contributed by atoms with van der Waals surface area (Å²) in [7, 11) is -0.548. The Kier molecular flexibility index (Phi) is 5.36. The summed E-state index contributed by atoms with van der Waals surface area (Å²) < 4.78 is 25.5. The van der Waals surface area contributed by atoms with E-state index in [2.05, 4.69) is 10.3 Å². The number of hydrogen-bond acceptors (Lipinski definition) is 5. The van der Waals surface area contributed by atoms with E-state index in [9.17, 15) is 13.2 Å². The normalized spacial score (nSPS) is 18.1. The summed E-state index contributed by atoms with van der Waals surface area (Å²) in [6.07, 6.45) is 3.47. The zero-order valence-electron chi connectivity index (χ0n) is 14.8. The number of pyridine rings is 1. The Morgan fingerprint density at radius 1 is 1.23 bits per heavy atom. The van der Waals surface area contributed by atoms with Gasteiger partial charge in [0.2, 0.25) is 10.0 Å². The third-order valence-electron chi connectivity index (χ3n) is 4.45. The first-order valence-electron chi connectivity index (χ1n) is 8.35. The number of rotatable bonds is 4. The van der Waals surface area contributed by atoms with Gasteiger partial charge in [-0.1, -0.05) is 6.07 Å². The highest BCUT2D eigenvalue weighted by atomic mass is 32.2. The Morgan fingerprint density at radius 3 is 2.58 bits per heavy atom. The van der Waals surface area contributed by atoms with Crippen LogP contribution in [0.1, 0.15) is 22.0 Å². The first-order valence-corrected chi connectivity index (χ1v) is 9.79. The van der Waals surface area contributed by atoms with Gasteiger partial charge < -0.3 is 10.2 Å². The monoisotopic (exact) mass is 374 g/mol. The molecule has 1 amide bonds. The van der Waals surface area contributed by atoms with Crippen LogP contribution < -0.4 is 5.32 Å². The maximum absolute atomic E-state index is 13.0. The van der Waals surface area contributed by atoms with E-state index in [1.165, 1.54) is 26.2 Å². The topological polar surface area (TPSA) is 82.6 Å². The predicted molar refractivity (Wildman–Crippen MR) is 98.2 cm³/mol. The number of hydrogen-bond donors (Lipinski definition) is 1. The van der Waals surface area contributed by atoms with Crippen molar-refractivity contribution in [2.24, 2.45) is 0 Å². The standard InChI is InChI=1S/C18H22N4O3S/c1-21(2)26(24,25)16-7-5-14(6-8-16)18(23)22-11-10-20-13-17(22)15-4-3-9-19-12-15/h3-9,12,17,20H,10-11,13H2,1-2H3. The molecule has 3 rings (SSSR count). The van der Waals surface area contributed by atoms with E-state index >= 15 is 0 Å². The average Bonchev–Trinajstić information content (AvgIpc) is 2.68. The molecular weight excluding hydrogens is 352 g/mol. The van der Waals surface area contributed by atoms with E-state index in [0.29, 0.717) is 18.7 Å². The van der Waals surface area contributed by atoms with Gasteiger partial charge in [0.15, 0.2) is 0 Å². The van der Waals surface area contributed by atoms with Crippen LogP contribution in [-0.4, -0.2) is 62.2 Å². The van der Waals surface area contributed by atoms with Crippen LogP contribution in [0.15, 0.2) is 53.7 Å². The highest BCUT2D eigenvalue weighted by molar-refractivity contribution is 7.89. The number of benzene rings is 1. The van der Waals surface area contributed by atoms with E-state index < -0.39 is 10.0 Å². The van der Waals surface area contributed by atoms with Crippen LogP contribution >= 0.6 is 0 Å². The third-order valence-corrected chi connectivity index (χ3v) is 6.28. The van der Waals surface area contributed by atoms with Gasteiger partial charge in [0, 0.05) is 51.7 Å². The molecule has 2 aromatic rings. The van der Waals surface area contributed by atoms with E-state index in [4.69, 9.17) is 0 Å². The van der Waals surface area contributed by atoms with Crippen molar-refractivity contribution in [3.8, 4) is 0 Å². The SMILES string of the molecule is CN(C)S(=O)(=O)c1ccc(C(=O)N2CCNCC2c2cccnc2)cc1. The molecule has 1 aliphatic rings. The van der Waals surface area contributed by atoms with Gasteiger partial charge in [-0.25, -0.2) is 12.7 Å². The summed E-state index contributed by atoms with van der Waals surface area (Å²) in [4.78, 5) is 19.1. The Morgan fingerprint density at radius 2 is 1.96 bits per heavy atom. The van der Waals surface area contributed by atoms with Crippen LogP contribution in [0.3, 0.4) is 0 Å². The smallest absolute Gasteiger partial charge is 0.254 e. The van der Waals surface area contributed by atoms with Crippen molar-refractivity contribution in [2.75, 3.05) is 33.7 Å². The molecule has 26 heavy (non-hydrogen) atoms. The molecule has 1 fully saturated rings. The fraction of sp³-hybridized carbons (Fsp3) is 0.333. The van der Waals surface area contributed by atoms with Crippen LogP contribution in [0.25, 0.3) is 0 Å². The number of piperazine rings is 1. The van der Waals surface area contributed by atoms with E-state index in [0.717, 1.165) is 16.4 Å². The third kappa shape index (κ3) is 3.62. The minimum absolute atomic E-state index is 0.102. The molecule has 0 radical (unpaired) electrons. The molecule has 2 heterocycles. The summed E-state index contributed by atoms with van der Waals surface area (Å²) in [5.74, 6) is -0.117. The first-order chi connectivity index (χ1) is 12.4. The molecule has 0 spiro atoms. The first kappa shape index (κ1) is 18.5. The molecule has 1 saturated heterocycles. The largest absolute Gasteiger partial charge is 0.329 e. The van der Waals surface area contributed by atoms with E-state index in [1.54, 1.807) is 24.5 Å². The van der Waals surface area contributed by atoms with Crippen LogP contribution in [0.5, 0.6) is 0 Å². The number of sulfonamides is 1. The summed E-state index contributed by atoms with van der Waals surface area (Å²) in [6, 6.07) is 9.80. The van der Waals surface area contributed by atoms with E-state index in [1.807, 2.05) is 17.0 Å². The lowest BCUT2D eigenvalue weighted by Crippen LogP contribution is -2.48. The van der Waals surface area contributed by atoms with Gasteiger partial charge in [-0.05, 0) is 35.9 Å². The van der Waals surface area contributed by atoms with Crippen molar-refractivity contribution in [3.63, 3.8) is 0 Å². The second-order valence-corrected chi connectivity index (χ2v) is 8.47. The van der Waals surface area contributed by atoms with Crippen molar-refractivity contribution < 1.29 is 13.2 Å². The van der Waals surface area contributed by atoms with Gasteiger partial charge in [-0.2, -0.15) is 0 Å². The number of nitrogens with zero attached hydrogens (tertiary/aromatic N) is 3. The highest BCUT2D eigenvalue weighted by Crippen LogP contribution is 2.24. The number of carbonyl (C=O) groups is 1. The van der Waals surface area contributed by atoms with Crippen LogP contribution in [0.2, 0.25) is 0 Å². The molecule has 0 saturated carbocycles. The minimum atomic E-state index is -3.51. The van der Waals surface area contributed by atoms with Crippen LogP contribution in [-0.2, 0) is 10.0 Å². The Balaban J connectivity index is 1.86. The molecule has 1 unspecified atom stereocenters. The number of aromatic nitrogens is 1. The maximum atomic E-state index is 13.0. The van der Waals surface area contributed by atoms with Gasteiger partial charge in [0.1, 0.15) is 0 Å². The lowest BCUT2D eigenvalue weighted by molar-refractivity contribution is 0.0634. The van der Waals surface area contributed by atoms with Gasteiger partial charge >= 0.3 is 0 Å².